The summed E-state index contributed by atoms with van der Waals surface area (Å²) in [5.74, 6) is -0.332. The molecule has 4 heteroatoms. The van der Waals surface area contributed by atoms with Crippen LogP contribution in [0.3, 0.4) is 0 Å². The van der Waals surface area contributed by atoms with Gasteiger partial charge in [-0.15, -0.1) is 0 Å². The van der Waals surface area contributed by atoms with Crippen LogP contribution in [-0.2, 0) is 14.3 Å². The van der Waals surface area contributed by atoms with E-state index in [0.29, 0.717) is 6.54 Å². The van der Waals surface area contributed by atoms with Crippen molar-refractivity contribution in [2.75, 3.05) is 13.7 Å². The fourth-order valence-corrected chi connectivity index (χ4v) is 1.57. The lowest BCUT2D eigenvalue weighted by Crippen LogP contribution is -2.25. The second-order valence-electron chi connectivity index (χ2n) is 3.35. The number of carbonyl (C=O) groups excluding carboxylic acids is 1. The van der Waals surface area contributed by atoms with Crippen molar-refractivity contribution in [3.8, 4) is 0 Å². The molecule has 1 aromatic rings. The first kappa shape index (κ1) is 10.1. The monoisotopic (exact) mass is 207 g/mol. The highest BCUT2D eigenvalue weighted by Crippen LogP contribution is 2.21. The molecule has 1 aliphatic heterocycles. The molecule has 1 fully saturated rings. The highest BCUT2D eigenvalue weighted by atomic mass is 16.6. The topological polar surface area (TPSA) is 47.6 Å². The highest BCUT2D eigenvalue weighted by molar-refractivity contribution is 5.75. The van der Waals surface area contributed by atoms with Crippen LogP contribution in [0.4, 0.5) is 0 Å². The van der Waals surface area contributed by atoms with Gasteiger partial charge in [0.05, 0.1) is 7.11 Å². The minimum absolute atomic E-state index is 0.213. The minimum atomic E-state index is -0.500. The second kappa shape index (κ2) is 4.42. The summed E-state index contributed by atoms with van der Waals surface area (Å²) in [4.78, 5) is 11.2. The first-order chi connectivity index (χ1) is 7.31. The number of methoxy groups -OCH3 is 1. The van der Waals surface area contributed by atoms with Gasteiger partial charge >= 0.3 is 5.97 Å². The quantitative estimate of drug-likeness (QED) is 0.730. The summed E-state index contributed by atoms with van der Waals surface area (Å²) in [7, 11) is 1.36. The van der Waals surface area contributed by atoms with E-state index in [-0.39, 0.29) is 12.2 Å². The number of nitrogens with one attached hydrogen (secondary N) is 1. The van der Waals surface area contributed by atoms with Gasteiger partial charge in [-0.3, -0.25) is 5.32 Å². The van der Waals surface area contributed by atoms with Gasteiger partial charge in [-0.25, -0.2) is 4.79 Å². The molecule has 0 bridgehead atoms. The number of carbonyl (C=O) groups is 1. The molecule has 1 saturated heterocycles. The maximum atomic E-state index is 11.2. The van der Waals surface area contributed by atoms with Crippen LogP contribution in [0.25, 0.3) is 0 Å². The average Bonchev–Trinajstić information content (AvgIpc) is 2.78. The van der Waals surface area contributed by atoms with Crippen molar-refractivity contribution in [3.63, 3.8) is 0 Å². The van der Waals surface area contributed by atoms with E-state index in [9.17, 15) is 4.79 Å². The van der Waals surface area contributed by atoms with Crippen molar-refractivity contribution in [2.45, 2.75) is 12.3 Å². The largest absolute Gasteiger partial charge is 0.467 e. The maximum absolute atomic E-state index is 11.2. The molecular formula is C11H13NO3. The lowest BCUT2D eigenvalue weighted by atomic mass is 10.2. The molecule has 2 atom stereocenters. The molecular weight excluding hydrogens is 194 g/mol. The van der Waals surface area contributed by atoms with E-state index < -0.39 is 6.10 Å². The third-order valence-electron chi connectivity index (χ3n) is 2.36. The fourth-order valence-electron chi connectivity index (χ4n) is 1.57. The van der Waals surface area contributed by atoms with Crippen LogP contribution in [0.1, 0.15) is 11.8 Å². The highest BCUT2D eigenvalue weighted by Gasteiger charge is 2.31. The molecule has 0 amide bonds. The Kier molecular flexibility index (Phi) is 2.99. The zero-order valence-corrected chi connectivity index (χ0v) is 8.47. The molecule has 2 rings (SSSR count). The standard InChI is InChI=1S/C11H13NO3/c1-14-11(13)9-7-12-10(15-9)8-5-3-2-4-6-8/h2-6,9-10,12H,7H2,1H3. The van der Waals surface area contributed by atoms with Gasteiger partial charge in [0.25, 0.3) is 0 Å². The lowest BCUT2D eigenvalue weighted by Gasteiger charge is -2.11. The third-order valence-corrected chi connectivity index (χ3v) is 2.36. The number of ether oxygens (including phenoxy) is 2. The van der Waals surface area contributed by atoms with Crippen molar-refractivity contribution in [2.24, 2.45) is 0 Å². The molecule has 4 nitrogen and oxygen atoms in total. The first-order valence-corrected chi connectivity index (χ1v) is 4.83. The van der Waals surface area contributed by atoms with Crippen LogP contribution in [-0.4, -0.2) is 25.7 Å². The Labute approximate surface area is 88.2 Å². The van der Waals surface area contributed by atoms with E-state index in [2.05, 4.69) is 10.1 Å². The van der Waals surface area contributed by atoms with Crippen molar-refractivity contribution in [1.82, 2.24) is 5.32 Å². The molecule has 80 valence electrons. The molecule has 1 aliphatic rings. The Morgan fingerprint density at radius 2 is 2.20 bits per heavy atom. The predicted molar refractivity (Wildman–Crippen MR) is 54.1 cm³/mol. The van der Waals surface area contributed by atoms with Crippen LogP contribution in [0.2, 0.25) is 0 Å². The van der Waals surface area contributed by atoms with Crippen molar-refractivity contribution >= 4 is 5.97 Å². The van der Waals surface area contributed by atoms with Gasteiger partial charge in [-0.1, -0.05) is 30.3 Å². The van der Waals surface area contributed by atoms with E-state index in [1.54, 1.807) is 0 Å². The molecule has 1 heterocycles. The van der Waals surface area contributed by atoms with E-state index in [1.165, 1.54) is 7.11 Å². The Bertz CT molecular complexity index is 339. The van der Waals surface area contributed by atoms with Crippen LogP contribution in [0.15, 0.2) is 30.3 Å². The summed E-state index contributed by atoms with van der Waals surface area (Å²) < 4.78 is 10.1. The van der Waals surface area contributed by atoms with E-state index in [1.807, 2.05) is 30.3 Å². The van der Waals surface area contributed by atoms with Crippen LogP contribution in [0.5, 0.6) is 0 Å². The van der Waals surface area contributed by atoms with Gasteiger partial charge in [0.15, 0.2) is 6.10 Å². The normalized spacial score (nSPS) is 25.1. The summed E-state index contributed by atoms with van der Waals surface area (Å²) in [6, 6.07) is 9.72. The molecule has 0 spiro atoms. The first-order valence-electron chi connectivity index (χ1n) is 4.83. The van der Waals surface area contributed by atoms with Crippen LogP contribution < -0.4 is 5.32 Å². The van der Waals surface area contributed by atoms with Crippen molar-refractivity contribution in [3.05, 3.63) is 35.9 Å². The molecule has 1 N–H and O–H groups in total. The van der Waals surface area contributed by atoms with E-state index in [0.717, 1.165) is 5.56 Å². The summed E-state index contributed by atoms with van der Waals surface area (Å²) >= 11 is 0. The molecule has 2 unspecified atom stereocenters. The number of hydrogen-bond donors (Lipinski definition) is 1. The SMILES string of the molecule is COC(=O)C1CNC(c2ccccc2)O1. The molecule has 0 aliphatic carbocycles. The summed E-state index contributed by atoms with van der Waals surface area (Å²) in [6.07, 6.45) is -0.712. The van der Waals surface area contributed by atoms with Gasteiger partial charge in [-0.05, 0) is 5.56 Å². The molecule has 0 saturated carbocycles. The predicted octanol–water partition coefficient (Wildman–Crippen LogP) is 0.847. The maximum Gasteiger partial charge on any atom is 0.336 e. The number of hydrogen-bond acceptors (Lipinski definition) is 4. The summed E-state index contributed by atoms with van der Waals surface area (Å²) in [6.45, 7) is 0.492. The van der Waals surface area contributed by atoms with Gasteiger partial charge < -0.3 is 9.47 Å². The summed E-state index contributed by atoms with van der Waals surface area (Å²) in [5, 5.41) is 3.12. The Balaban J connectivity index is 2.02. The van der Waals surface area contributed by atoms with Crippen LogP contribution >= 0.6 is 0 Å². The zero-order chi connectivity index (χ0) is 10.7. The Morgan fingerprint density at radius 1 is 1.47 bits per heavy atom. The van der Waals surface area contributed by atoms with E-state index >= 15 is 0 Å². The van der Waals surface area contributed by atoms with Gasteiger partial charge in [0.2, 0.25) is 0 Å². The van der Waals surface area contributed by atoms with Gasteiger partial charge in [-0.2, -0.15) is 0 Å². The number of rotatable bonds is 2. The minimum Gasteiger partial charge on any atom is -0.467 e. The van der Waals surface area contributed by atoms with Crippen molar-refractivity contribution < 1.29 is 14.3 Å². The van der Waals surface area contributed by atoms with Gasteiger partial charge in [0, 0.05) is 6.54 Å². The van der Waals surface area contributed by atoms with E-state index in [4.69, 9.17) is 4.74 Å². The molecule has 0 aromatic heterocycles. The number of esters is 1. The van der Waals surface area contributed by atoms with Gasteiger partial charge in [0.1, 0.15) is 6.23 Å². The Morgan fingerprint density at radius 3 is 2.87 bits per heavy atom. The molecule has 15 heavy (non-hydrogen) atoms. The number of benzene rings is 1. The average molecular weight is 207 g/mol. The van der Waals surface area contributed by atoms with Crippen LogP contribution in [0, 0.1) is 0 Å². The second-order valence-corrected chi connectivity index (χ2v) is 3.35. The fraction of sp³-hybridized carbons (Fsp3) is 0.364. The molecule has 0 radical (unpaired) electrons. The Hall–Kier alpha value is -1.39. The lowest BCUT2D eigenvalue weighted by molar-refractivity contribution is -0.152. The zero-order valence-electron chi connectivity index (χ0n) is 8.47. The smallest absolute Gasteiger partial charge is 0.336 e. The summed E-state index contributed by atoms with van der Waals surface area (Å²) in [5.41, 5.74) is 1.02. The van der Waals surface area contributed by atoms with Crippen molar-refractivity contribution in [1.29, 1.82) is 0 Å². The molecule has 1 aromatic carbocycles. The third kappa shape index (κ3) is 2.16.